The lowest BCUT2D eigenvalue weighted by Crippen LogP contribution is -1.89. The van der Waals surface area contributed by atoms with Crippen LogP contribution in [0.2, 0.25) is 0 Å². The minimum Gasteiger partial charge on any atom is -0.481 e. The third kappa shape index (κ3) is 3.85. The molecular formula is C9H8BrNO2. The van der Waals surface area contributed by atoms with Gasteiger partial charge in [0, 0.05) is 10.7 Å². The zero-order valence-corrected chi connectivity index (χ0v) is 8.36. The zero-order chi connectivity index (χ0) is 9.68. The largest absolute Gasteiger partial charge is 0.481 e. The molecule has 0 aromatic carbocycles. The van der Waals surface area contributed by atoms with E-state index >= 15 is 0 Å². The van der Waals surface area contributed by atoms with Gasteiger partial charge in [0.25, 0.3) is 0 Å². The van der Waals surface area contributed by atoms with Crippen LogP contribution < -0.4 is 0 Å². The molecule has 0 fully saturated rings. The lowest BCUT2D eigenvalue weighted by molar-refractivity contribution is -0.135. The van der Waals surface area contributed by atoms with E-state index in [9.17, 15) is 4.79 Å². The van der Waals surface area contributed by atoms with Crippen molar-refractivity contribution in [2.45, 2.75) is 6.42 Å². The fourth-order valence-electron chi connectivity index (χ4n) is 0.766. The number of halogens is 1. The van der Waals surface area contributed by atoms with Crippen molar-refractivity contribution in [1.29, 1.82) is 0 Å². The van der Waals surface area contributed by atoms with Crippen LogP contribution >= 0.6 is 15.9 Å². The first-order chi connectivity index (χ1) is 6.18. The summed E-state index contributed by atoms with van der Waals surface area (Å²) in [4.78, 5) is 14.2. The normalized spacial score (nSPS) is 10.5. The first kappa shape index (κ1) is 9.92. The van der Waals surface area contributed by atoms with Crippen molar-refractivity contribution in [2.24, 2.45) is 0 Å². The van der Waals surface area contributed by atoms with Crippen molar-refractivity contribution < 1.29 is 9.90 Å². The molecule has 0 bridgehead atoms. The van der Waals surface area contributed by atoms with Gasteiger partial charge in [-0.3, -0.25) is 9.78 Å². The molecule has 4 heteroatoms. The van der Waals surface area contributed by atoms with Crippen molar-refractivity contribution in [3.63, 3.8) is 0 Å². The van der Waals surface area contributed by atoms with Crippen molar-refractivity contribution in [1.82, 2.24) is 4.98 Å². The van der Waals surface area contributed by atoms with Crippen LogP contribution in [0.1, 0.15) is 12.1 Å². The van der Waals surface area contributed by atoms with E-state index < -0.39 is 5.97 Å². The SMILES string of the molecule is O=C(O)CC=Cc1ccc(Br)cn1. The maximum atomic E-state index is 10.2. The van der Waals surface area contributed by atoms with Crippen LogP contribution in [-0.2, 0) is 4.79 Å². The molecule has 0 saturated heterocycles. The van der Waals surface area contributed by atoms with Crippen LogP contribution in [0.3, 0.4) is 0 Å². The maximum absolute atomic E-state index is 10.2. The van der Waals surface area contributed by atoms with Gasteiger partial charge in [-0.15, -0.1) is 0 Å². The summed E-state index contributed by atoms with van der Waals surface area (Å²) in [6.07, 6.45) is 4.94. The fraction of sp³-hybridized carbons (Fsp3) is 0.111. The van der Waals surface area contributed by atoms with E-state index in [0.717, 1.165) is 10.2 Å². The van der Waals surface area contributed by atoms with Gasteiger partial charge in [-0.05, 0) is 34.1 Å². The molecule has 0 aliphatic heterocycles. The molecular weight excluding hydrogens is 234 g/mol. The summed E-state index contributed by atoms with van der Waals surface area (Å²) in [5.41, 5.74) is 0.754. The van der Waals surface area contributed by atoms with Crippen LogP contribution in [0.15, 0.2) is 28.9 Å². The standard InChI is InChI=1S/C9H8BrNO2/c10-7-4-5-8(11-6-7)2-1-3-9(12)13/h1-2,4-6H,3H2,(H,12,13). The summed E-state index contributed by atoms with van der Waals surface area (Å²) < 4.78 is 0.905. The van der Waals surface area contributed by atoms with Crippen molar-refractivity contribution in [3.05, 3.63) is 34.6 Å². The number of aliphatic carboxylic acids is 1. The molecule has 3 nitrogen and oxygen atoms in total. The Morgan fingerprint density at radius 2 is 2.38 bits per heavy atom. The Kier molecular flexibility index (Phi) is 3.64. The lowest BCUT2D eigenvalue weighted by Gasteiger charge is -1.91. The average Bonchev–Trinajstić information content (AvgIpc) is 2.08. The molecule has 0 aliphatic rings. The lowest BCUT2D eigenvalue weighted by atomic mass is 10.3. The predicted molar refractivity (Wildman–Crippen MR) is 53.2 cm³/mol. The third-order valence-corrected chi connectivity index (χ3v) is 1.80. The predicted octanol–water partition coefficient (Wildman–Crippen LogP) is 2.33. The van der Waals surface area contributed by atoms with E-state index in [1.807, 2.05) is 12.1 Å². The van der Waals surface area contributed by atoms with Gasteiger partial charge < -0.3 is 5.11 Å². The fourth-order valence-corrected chi connectivity index (χ4v) is 1.00. The van der Waals surface area contributed by atoms with Crippen LogP contribution in [0.4, 0.5) is 0 Å². The van der Waals surface area contributed by atoms with Gasteiger partial charge in [0.2, 0.25) is 0 Å². The van der Waals surface area contributed by atoms with Crippen molar-refractivity contribution in [2.75, 3.05) is 0 Å². The molecule has 1 aromatic rings. The molecule has 13 heavy (non-hydrogen) atoms. The second kappa shape index (κ2) is 4.77. The first-order valence-corrected chi connectivity index (χ1v) is 4.47. The highest BCUT2D eigenvalue weighted by molar-refractivity contribution is 9.10. The van der Waals surface area contributed by atoms with Gasteiger partial charge >= 0.3 is 5.97 Å². The molecule has 1 aromatic heterocycles. The number of pyridine rings is 1. The molecule has 0 atom stereocenters. The number of hydrogen-bond donors (Lipinski definition) is 1. The second-order valence-electron chi connectivity index (χ2n) is 2.40. The highest BCUT2D eigenvalue weighted by Crippen LogP contribution is 2.08. The molecule has 1 N–H and O–H groups in total. The quantitative estimate of drug-likeness (QED) is 0.884. The number of carboxylic acid groups (broad SMARTS) is 1. The van der Waals surface area contributed by atoms with Crippen LogP contribution in [-0.4, -0.2) is 16.1 Å². The summed E-state index contributed by atoms with van der Waals surface area (Å²) >= 11 is 3.26. The van der Waals surface area contributed by atoms with E-state index in [0.29, 0.717) is 0 Å². The summed E-state index contributed by atoms with van der Waals surface area (Å²) in [6.45, 7) is 0. The summed E-state index contributed by atoms with van der Waals surface area (Å²) in [5.74, 6) is -0.839. The Balaban J connectivity index is 2.59. The molecule has 0 amide bonds. The zero-order valence-electron chi connectivity index (χ0n) is 6.77. The smallest absolute Gasteiger partial charge is 0.307 e. The van der Waals surface area contributed by atoms with E-state index in [1.54, 1.807) is 18.3 Å². The summed E-state index contributed by atoms with van der Waals surface area (Å²) in [7, 11) is 0. The van der Waals surface area contributed by atoms with Crippen LogP contribution in [0, 0.1) is 0 Å². The van der Waals surface area contributed by atoms with E-state index in [4.69, 9.17) is 5.11 Å². The highest BCUT2D eigenvalue weighted by atomic mass is 79.9. The Bertz CT molecular complexity index is 319. The van der Waals surface area contributed by atoms with Crippen LogP contribution in [0.25, 0.3) is 6.08 Å². The Labute approximate surface area is 84.2 Å². The Morgan fingerprint density at radius 1 is 1.62 bits per heavy atom. The molecule has 1 heterocycles. The van der Waals surface area contributed by atoms with Gasteiger partial charge in [-0.1, -0.05) is 6.08 Å². The van der Waals surface area contributed by atoms with Gasteiger partial charge in [-0.2, -0.15) is 0 Å². The maximum Gasteiger partial charge on any atom is 0.307 e. The summed E-state index contributed by atoms with van der Waals surface area (Å²) in [6, 6.07) is 3.66. The highest BCUT2D eigenvalue weighted by Gasteiger charge is 1.91. The van der Waals surface area contributed by atoms with Crippen molar-refractivity contribution in [3.8, 4) is 0 Å². The molecule has 0 radical (unpaired) electrons. The van der Waals surface area contributed by atoms with Gasteiger partial charge in [0.15, 0.2) is 0 Å². The topological polar surface area (TPSA) is 50.2 Å². The van der Waals surface area contributed by atoms with E-state index in [1.165, 1.54) is 0 Å². The number of nitrogens with zero attached hydrogens (tertiary/aromatic N) is 1. The molecule has 68 valence electrons. The molecule has 0 spiro atoms. The Hall–Kier alpha value is -1.16. The van der Waals surface area contributed by atoms with Crippen molar-refractivity contribution >= 4 is 28.0 Å². The first-order valence-electron chi connectivity index (χ1n) is 3.68. The molecule has 0 saturated carbocycles. The van der Waals surface area contributed by atoms with Gasteiger partial charge in [0.1, 0.15) is 0 Å². The minimum atomic E-state index is -0.839. The van der Waals surface area contributed by atoms with Gasteiger partial charge in [-0.25, -0.2) is 0 Å². The molecule has 1 rings (SSSR count). The van der Waals surface area contributed by atoms with Crippen LogP contribution in [0.5, 0.6) is 0 Å². The summed E-state index contributed by atoms with van der Waals surface area (Å²) in [5, 5.41) is 8.36. The second-order valence-corrected chi connectivity index (χ2v) is 3.32. The monoisotopic (exact) mass is 241 g/mol. The number of carboxylic acids is 1. The average molecular weight is 242 g/mol. The third-order valence-electron chi connectivity index (χ3n) is 1.33. The minimum absolute atomic E-state index is 0.0255. The Morgan fingerprint density at radius 3 is 2.92 bits per heavy atom. The molecule has 0 aliphatic carbocycles. The number of hydrogen-bond acceptors (Lipinski definition) is 2. The van der Waals surface area contributed by atoms with E-state index in [2.05, 4.69) is 20.9 Å². The number of carbonyl (C=O) groups is 1. The molecule has 0 unspecified atom stereocenters. The number of rotatable bonds is 3. The van der Waals surface area contributed by atoms with E-state index in [-0.39, 0.29) is 6.42 Å². The van der Waals surface area contributed by atoms with Gasteiger partial charge in [0.05, 0.1) is 12.1 Å². The number of aromatic nitrogens is 1.